The Morgan fingerprint density at radius 1 is 1.05 bits per heavy atom. The van der Waals surface area contributed by atoms with Crippen molar-refractivity contribution in [3.8, 4) is 0 Å². The van der Waals surface area contributed by atoms with Gasteiger partial charge in [-0.15, -0.1) is 0 Å². The van der Waals surface area contributed by atoms with E-state index in [9.17, 15) is 14.0 Å². The molecule has 0 saturated carbocycles. The predicted molar refractivity (Wildman–Crippen MR) is 82.6 cm³/mol. The Kier molecular flexibility index (Phi) is 3.47. The molecule has 3 rings (SSSR count). The molecular formula is C17H13FN2O2. The van der Waals surface area contributed by atoms with E-state index in [-0.39, 0.29) is 17.6 Å². The third-order valence-corrected chi connectivity index (χ3v) is 3.40. The Bertz CT molecular complexity index is 866. The Hall–Kier alpha value is -2.95. The zero-order valence-corrected chi connectivity index (χ0v) is 11.8. The van der Waals surface area contributed by atoms with Gasteiger partial charge in [-0.2, -0.15) is 0 Å². The minimum atomic E-state index is -0.369. The van der Waals surface area contributed by atoms with Crippen LogP contribution in [0.3, 0.4) is 0 Å². The van der Waals surface area contributed by atoms with Gasteiger partial charge in [0.15, 0.2) is 0 Å². The van der Waals surface area contributed by atoms with Crippen LogP contribution in [0.1, 0.15) is 22.1 Å². The maximum atomic E-state index is 12.9. The highest BCUT2D eigenvalue weighted by Crippen LogP contribution is 2.22. The molecule has 0 radical (unpaired) electrons. The van der Waals surface area contributed by atoms with Gasteiger partial charge in [0.25, 0.3) is 5.91 Å². The molecule has 1 heterocycles. The van der Waals surface area contributed by atoms with Gasteiger partial charge in [-0.25, -0.2) is 4.39 Å². The number of nitrogens with one attached hydrogen (secondary N) is 1. The second-order valence-corrected chi connectivity index (χ2v) is 4.91. The molecule has 5 heteroatoms. The van der Waals surface area contributed by atoms with Gasteiger partial charge in [0.1, 0.15) is 5.82 Å². The Labute approximate surface area is 126 Å². The van der Waals surface area contributed by atoms with Crippen molar-refractivity contribution in [3.05, 3.63) is 66.1 Å². The molecule has 0 saturated heterocycles. The van der Waals surface area contributed by atoms with Crippen molar-refractivity contribution in [3.63, 3.8) is 0 Å². The van der Waals surface area contributed by atoms with Crippen molar-refractivity contribution in [2.45, 2.75) is 6.92 Å². The van der Waals surface area contributed by atoms with Gasteiger partial charge in [0.2, 0.25) is 5.91 Å². The molecule has 1 amide bonds. The zero-order chi connectivity index (χ0) is 15.7. The van der Waals surface area contributed by atoms with Gasteiger partial charge in [0, 0.05) is 24.2 Å². The molecule has 1 aromatic heterocycles. The van der Waals surface area contributed by atoms with E-state index in [1.165, 1.54) is 42.0 Å². The topological polar surface area (TPSA) is 51.1 Å². The van der Waals surface area contributed by atoms with E-state index in [0.29, 0.717) is 22.2 Å². The largest absolute Gasteiger partial charge is 0.322 e. The number of halogens is 1. The van der Waals surface area contributed by atoms with Crippen LogP contribution in [0.2, 0.25) is 0 Å². The van der Waals surface area contributed by atoms with Crippen LogP contribution in [0.25, 0.3) is 10.9 Å². The van der Waals surface area contributed by atoms with E-state index in [0.717, 1.165) is 0 Å². The van der Waals surface area contributed by atoms with Gasteiger partial charge in [-0.05, 0) is 30.3 Å². The lowest BCUT2D eigenvalue weighted by molar-refractivity contribution is 0.0941. The highest BCUT2D eigenvalue weighted by Gasteiger charge is 2.16. The lowest BCUT2D eigenvalue weighted by atomic mass is 10.1. The number of para-hydroxylation sites is 1. The molecule has 0 aliphatic heterocycles. The van der Waals surface area contributed by atoms with Crippen LogP contribution in [0, 0.1) is 5.82 Å². The molecule has 0 bridgehead atoms. The SMILES string of the molecule is CC(=O)n1cc(C(=O)Nc2ccc(F)cc2)c2ccccc21. The summed E-state index contributed by atoms with van der Waals surface area (Å²) >= 11 is 0. The minimum Gasteiger partial charge on any atom is -0.322 e. The third kappa shape index (κ3) is 2.48. The van der Waals surface area contributed by atoms with Crippen LogP contribution in [-0.4, -0.2) is 16.4 Å². The molecule has 4 nitrogen and oxygen atoms in total. The number of hydrogen-bond acceptors (Lipinski definition) is 2. The number of rotatable bonds is 2. The Balaban J connectivity index is 2.00. The second kappa shape index (κ2) is 5.44. The van der Waals surface area contributed by atoms with E-state index in [1.807, 2.05) is 12.1 Å². The summed E-state index contributed by atoms with van der Waals surface area (Å²) in [6.45, 7) is 1.44. The number of aromatic nitrogens is 1. The van der Waals surface area contributed by atoms with E-state index in [1.54, 1.807) is 12.1 Å². The highest BCUT2D eigenvalue weighted by molar-refractivity contribution is 6.14. The first-order chi connectivity index (χ1) is 10.6. The molecule has 3 aromatic rings. The summed E-state index contributed by atoms with van der Waals surface area (Å²) in [5, 5.41) is 3.39. The minimum absolute atomic E-state index is 0.169. The Morgan fingerprint density at radius 2 is 1.73 bits per heavy atom. The van der Waals surface area contributed by atoms with Crippen LogP contribution in [0.4, 0.5) is 10.1 Å². The maximum Gasteiger partial charge on any atom is 0.257 e. The quantitative estimate of drug-likeness (QED) is 0.784. The summed E-state index contributed by atoms with van der Waals surface area (Å²) in [5.41, 5.74) is 1.57. The van der Waals surface area contributed by atoms with Gasteiger partial charge in [-0.1, -0.05) is 18.2 Å². The molecule has 22 heavy (non-hydrogen) atoms. The van der Waals surface area contributed by atoms with E-state index >= 15 is 0 Å². The first-order valence-corrected chi connectivity index (χ1v) is 6.74. The molecule has 0 fully saturated rings. The fourth-order valence-corrected chi connectivity index (χ4v) is 2.35. The van der Waals surface area contributed by atoms with Crippen LogP contribution < -0.4 is 5.32 Å². The monoisotopic (exact) mass is 296 g/mol. The fraction of sp³-hybridized carbons (Fsp3) is 0.0588. The first kappa shape index (κ1) is 14.0. The zero-order valence-electron chi connectivity index (χ0n) is 11.8. The molecule has 0 aliphatic carbocycles. The molecule has 0 aliphatic rings. The number of fused-ring (bicyclic) bond motifs is 1. The summed E-state index contributed by atoms with van der Waals surface area (Å²) in [7, 11) is 0. The average Bonchev–Trinajstić information content (AvgIpc) is 2.89. The summed E-state index contributed by atoms with van der Waals surface area (Å²) < 4.78 is 14.3. The molecular weight excluding hydrogens is 283 g/mol. The molecule has 0 atom stereocenters. The lowest BCUT2D eigenvalue weighted by Gasteiger charge is -2.04. The molecule has 0 unspecified atom stereocenters. The molecule has 2 aromatic carbocycles. The summed E-state index contributed by atoms with van der Waals surface area (Å²) in [6.07, 6.45) is 1.52. The number of carbonyl (C=O) groups is 2. The number of nitrogens with zero attached hydrogens (tertiary/aromatic N) is 1. The van der Waals surface area contributed by atoms with Gasteiger partial charge < -0.3 is 5.32 Å². The van der Waals surface area contributed by atoms with Crippen LogP contribution >= 0.6 is 0 Å². The third-order valence-electron chi connectivity index (χ3n) is 3.40. The standard InChI is InChI=1S/C17H13FN2O2/c1-11(21)20-10-15(14-4-2-3-5-16(14)20)17(22)19-13-8-6-12(18)7-9-13/h2-10H,1H3,(H,19,22). The molecule has 110 valence electrons. The number of hydrogen-bond donors (Lipinski definition) is 1. The summed E-state index contributed by atoms with van der Waals surface area (Å²) in [4.78, 5) is 24.1. The number of anilines is 1. The number of benzene rings is 2. The van der Waals surface area contributed by atoms with Crippen LogP contribution in [0.15, 0.2) is 54.7 Å². The van der Waals surface area contributed by atoms with Crippen LogP contribution in [-0.2, 0) is 0 Å². The van der Waals surface area contributed by atoms with Gasteiger partial charge in [-0.3, -0.25) is 14.2 Å². The van der Waals surface area contributed by atoms with Crippen LogP contribution in [0.5, 0.6) is 0 Å². The van der Waals surface area contributed by atoms with Crippen molar-refractivity contribution >= 4 is 28.4 Å². The highest BCUT2D eigenvalue weighted by atomic mass is 19.1. The summed E-state index contributed by atoms with van der Waals surface area (Å²) in [5.74, 6) is -0.883. The first-order valence-electron chi connectivity index (χ1n) is 6.74. The normalized spacial score (nSPS) is 10.6. The van der Waals surface area contributed by atoms with E-state index < -0.39 is 0 Å². The van der Waals surface area contributed by atoms with Gasteiger partial charge in [0.05, 0.1) is 11.1 Å². The van der Waals surface area contributed by atoms with E-state index in [4.69, 9.17) is 0 Å². The average molecular weight is 296 g/mol. The second-order valence-electron chi connectivity index (χ2n) is 4.91. The molecule has 0 spiro atoms. The smallest absolute Gasteiger partial charge is 0.257 e. The lowest BCUT2D eigenvalue weighted by Crippen LogP contribution is -2.11. The predicted octanol–water partition coefficient (Wildman–Crippen LogP) is 3.69. The van der Waals surface area contributed by atoms with Crippen molar-refractivity contribution < 1.29 is 14.0 Å². The number of carbonyl (C=O) groups excluding carboxylic acids is 2. The Morgan fingerprint density at radius 3 is 2.41 bits per heavy atom. The van der Waals surface area contributed by atoms with Gasteiger partial charge >= 0.3 is 0 Å². The van der Waals surface area contributed by atoms with Crippen molar-refractivity contribution in [1.82, 2.24) is 4.57 Å². The summed E-state index contributed by atoms with van der Waals surface area (Å²) in [6, 6.07) is 12.7. The number of amides is 1. The fourth-order valence-electron chi connectivity index (χ4n) is 2.35. The van der Waals surface area contributed by atoms with Crippen molar-refractivity contribution in [2.24, 2.45) is 0 Å². The van der Waals surface area contributed by atoms with Crippen molar-refractivity contribution in [1.29, 1.82) is 0 Å². The molecule has 1 N–H and O–H groups in total. The maximum absolute atomic E-state index is 12.9. The van der Waals surface area contributed by atoms with Crippen molar-refractivity contribution in [2.75, 3.05) is 5.32 Å². The van der Waals surface area contributed by atoms with E-state index in [2.05, 4.69) is 5.32 Å².